The van der Waals surface area contributed by atoms with Crippen molar-refractivity contribution in [3.63, 3.8) is 0 Å². The second-order valence-corrected chi connectivity index (χ2v) is 4.24. The van der Waals surface area contributed by atoms with Gasteiger partial charge >= 0.3 is 0 Å². The lowest BCUT2D eigenvalue weighted by Crippen LogP contribution is -2.11. The van der Waals surface area contributed by atoms with Gasteiger partial charge < -0.3 is 11.1 Å². The maximum Gasteiger partial charge on any atom is 0.0405 e. The van der Waals surface area contributed by atoms with E-state index in [1.165, 1.54) is 11.8 Å². The molecule has 3 N–H and O–H groups in total. The van der Waals surface area contributed by atoms with Crippen molar-refractivity contribution < 1.29 is 1.43 Å². The molecule has 1 aromatic rings. The molecule has 0 aliphatic heterocycles. The van der Waals surface area contributed by atoms with E-state index in [9.17, 15) is 0 Å². The molecule has 72 valence electrons. The van der Waals surface area contributed by atoms with Crippen molar-refractivity contribution in [3.8, 4) is 0 Å². The van der Waals surface area contributed by atoms with Crippen LogP contribution in [0.5, 0.6) is 0 Å². The third-order valence-corrected chi connectivity index (χ3v) is 2.11. The first-order valence-corrected chi connectivity index (χ1v) is 4.35. The fraction of sp³-hybridized carbons (Fsp3) is 0.364. The molecule has 1 rings (SSSR count). The summed E-state index contributed by atoms with van der Waals surface area (Å²) in [5.74, 6) is 0. The van der Waals surface area contributed by atoms with Crippen LogP contribution in [0.2, 0.25) is 0 Å². The minimum Gasteiger partial charge on any atom is -0.398 e. The molecule has 2 heteroatoms. The van der Waals surface area contributed by atoms with Gasteiger partial charge in [-0.15, -0.1) is 0 Å². The van der Waals surface area contributed by atoms with Crippen molar-refractivity contribution in [1.29, 1.82) is 5.41 Å². The third kappa shape index (κ3) is 2.08. The summed E-state index contributed by atoms with van der Waals surface area (Å²) in [6.07, 6.45) is 1.28. The van der Waals surface area contributed by atoms with Crippen molar-refractivity contribution in [2.24, 2.45) is 0 Å². The summed E-state index contributed by atoms with van der Waals surface area (Å²) in [5, 5.41) is 7.11. The van der Waals surface area contributed by atoms with Crippen molar-refractivity contribution in [2.45, 2.75) is 26.2 Å². The Morgan fingerprint density at radius 1 is 1.38 bits per heavy atom. The molecule has 2 nitrogen and oxygen atoms in total. The lowest BCUT2D eigenvalue weighted by atomic mass is 9.86. The van der Waals surface area contributed by atoms with Gasteiger partial charge in [0.05, 0.1) is 0 Å². The molecule has 0 heterocycles. The zero-order chi connectivity index (χ0) is 10.1. The summed E-state index contributed by atoms with van der Waals surface area (Å²) in [5.41, 5.74) is 8.57. The predicted octanol–water partition coefficient (Wildman–Crippen LogP) is 2.81. The normalized spacial score (nSPS) is 11.3. The Morgan fingerprint density at radius 2 is 2.00 bits per heavy atom. The van der Waals surface area contributed by atoms with Gasteiger partial charge in [-0.3, -0.25) is 0 Å². The van der Waals surface area contributed by atoms with Crippen LogP contribution in [0.4, 0.5) is 5.69 Å². The van der Waals surface area contributed by atoms with Gasteiger partial charge in [0, 0.05) is 18.9 Å². The quantitative estimate of drug-likeness (QED) is 0.504. The van der Waals surface area contributed by atoms with E-state index in [1.807, 2.05) is 18.2 Å². The molecule has 0 amide bonds. The molecular formula is C11H18N2. The van der Waals surface area contributed by atoms with Crippen LogP contribution in [0, 0.1) is 5.41 Å². The van der Waals surface area contributed by atoms with Gasteiger partial charge in [0.15, 0.2) is 0 Å². The summed E-state index contributed by atoms with van der Waals surface area (Å²) in [7, 11) is 0. The van der Waals surface area contributed by atoms with E-state index in [4.69, 9.17) is 11.1 Å². The van der Waals surface area contributed by atoms with Crippen LogP contribution in [0.1, 0.15) is 33.3 Å². The number of nitrogens with two attached hydrogens (primary N) is 1. The SMILES string of the molecule is CC(C)(C)c1ccc(C=N)c(N)c1.[HH]. The van der Waals surface area contributed by atoms with Gasteiger partial charge in [-0.2, -0.15) is 0 Å². The lowest BCUT2D eigenvalue weighted by Gasteiger charge is -2.19. The fourth-order valence-electron chi connectivity index (χ4n) is 1.17. The Bertz CT molecular complexity index is 327. The maximum absolute atomic E-state index is 7.11. The number of benzene rings is 1. The number of hydrogen-bond donors (Lipinski definition) is 2. The summed E-state index contributed by atoms with van der Waals surface area (Å²) in [4.78, 5) is 0. The van der Waals surface area contributed by atoms with E-state index in [2.05, 4.69) is 20.8 Å². The Hall–Kier alpha value is -1.31. The van der Waals surface area contributed by atoms with E-state index in [1.54, 1.807) is 0 Å². The van der Waals surface area contributed by atoms with Crippen LogP contribution in [0.25, 0.3) is 0 Å². The van der Waals surface area contributed by atoms with Gasteiger partial charge in [-0.05, 0) is 17.0 Å². The number of rotatable bonds is 1. The molecule has 0 aliphatic rings. The fourth-order valence-corrected chi connectivity index (χ4v) is 1.17. The average molecular weight is 178 g/mol. The Kier molecular flexibility index (Phi) is 2.41. The van der Waals surface area contributed by atoms with Crippen molar-refractivity contribution >= 4 is 11.9 Å². The number of nitrogens with one attached hydrogen (secondary N) is 1. The van der Waals surface area contributed by atoms with Gasteiger partial charge in [-0.1, -0.05) is 32.9 Å². The molecule has 0 fully saturated rings. The first-order chi connectivity index (χ1) is 5.95. The number of anilines is 1. The van der Waals surface area contributed by atoms with Gasteiger partial charge in [0.25, 0.3) is 0 Å². The summed E-state index contributed by atoms with van der Waals surface area (Å²) in [6, 6.07) is 5.86. The smallest absolute Gasteiger partial charge is 0.0405 e. The summed E-state index contributed by atoms with van der Waals surface area (Å²) < 4.78 is 0. The molecule has 1 aromatic carbocycles. The van der Waals surface area contributed by atoms with Crippen molar-refractivity contribution in [2.75, 3.05) is 5.73 Å². The average Bonchev–Trinajstić information content (AvgIpc) is 2.02. The van der Waals surface area contributed by atoms with Crippen LogP contribution in [-0.4, -0.2) is 6.21 Å². The number of nitrogen functional groups attached to an aromatic ring is 1. The monoisotopic (exact) mass is 178 g/mol. The minimum absolute atomic E-state index is 0. The first kappa shape index (κ1) is 9.78. The molecule has 0 saturated heterocycles. The third-order valence-electron chi connectivity index (χ3n) is 2.11. The predicted molar refractivity (Wildman–Crippen MR) is 59.6 cm³/mol. The van der Waals surface area contributed by atoms with Crippen LogP contribution < -0.4 is 5.73 Å². The molecule has 0 aliphatic carbocycles. The zero-order valence-electron chi connectivity index (χ0n) is 8.39. The van der Waals surface area contributed by atoms with Crippen LogP contribution >= 0.6 is 0 Å². The van der Waals surface area contributed by atoms with E-state index in [0.717, 1.165) is 5.56 Å². The largest absolute Gasteiger partial charge is 0.398 e. The van der Waals surface area contributed by atoms with E-state index >= 15 is 0 Å². The molecule has 13 heavy (non-hydrogen) atoms. The Labute approximate surface area is 80.8 Å². The number of hydrogen-bond acceptors (Lipinski definition) is 2. The Morgan fingerprint density at radius 3 is 2.38 bits per heavy atom. The zero-order valence-corrected chi connectivity index (χ0v) is 8.39. The molecule has 0 spiro atoms. The molecule has 0 bridgehead atoms. The van der Waals surface area contributed by atoms with Gasteiger partial charge in [0.1, 0.15) is 0 Å². The molecular weight excluding hydrogens is 160 g/mol. The summed E-state index contributed by atoms with van der Waals surface area (Å²) >= 11 is 0. The van der Waals surface area contributed by atoms with Gasteiger partial charge in [0.2, 0.25) is 0 Å². The lowest BCUT2D eigenvalue weighted by molar-refractivity contribution is 0.590. The molecule has 0 radical (unpaired) electrons. The van der Waals surface area contributed by atoms with Crippen molar-refractivity contribution in [3.05, 3.63) is 29.3 Å². The standard InChI is InChI=1S/C11H16N2.H2/c1-11(2,3)9-5-4-8(7-12)10(13)6-9;/h4-7,12H,13H2,1-3H3;1H. The van der Waals surface area contributed by atoms with E-state index < -0.39 is 0 Å². The maximum atomic E-state index is 7.11. The second kappa shape index (κ2) is 3.21. The molecule has 0 saturated carbocycles. The highest BCUT2D eigenvalue weighted by atomic mass is 14.6. The highest BCUT2D eigenvalue weighted by Gasteiger charge is 2.13. The minimum atomic E-state index is 0. The van der Waals surface area contributed by atoms with Crippen LogP contribution in [-0.2, 0) is 5.41 Å². The van der Waals surface area contributed by atoms with E-state index in [0.29, 0.717) is 5.69 Å². The van der Waals surface area contributed by atoms with Crippen LogP contribution in [0.3, 0.4) is 0 Å². The second-order valence-electron chi connectivity index (χ2n) is 4.24. The molecule has 0 atom stereocenters. The van der Waals surface area contributed by atoms with E-state index in [-0.39, 0.29) is 6.84 Å². The van der Waals surface area contributed by atoms with Gasteiger partial charge in [-0.25, -0.2) is 0 Å². The topological polar surface area (TPSA) is 49.9 Å². The molecule has 0 unspecified atom stereocenters. The molecule has 0 aromatic heterocycles. The van der Waals surface area contributed by atoms with Crippen LogP contribution in [0.15, 0.2) is 18.2 Å². The first-order valence-electron chi connectivity index (χ1n) is 4.35. The summed E-state index contributed by atoms with van der Waals surface area (Å²) in [6.45, 7) is 6.43. The highest BCUT2D eigenvalue weighted by Crippen LogP contribution is 2.24. The Balaban J connectivity index is 0.00000169. The van der Waals surface area contributed by atoms with Crippen molar-refractivity contribution in [1.82, 2.24) is 0 Å². The highest BCUT2D eigenvalue weighted by molar-refractivity contribution is 5.85.